The molecule has 1 aromatic heterocycles. The third-order valence-corrected chi connectivity index (χ3v) is 4.81. The molecule has 3 aromatic rings. The van der Waals surface area contributed by atoms with Crippen LogP contribution in [0.25, 0.3) is 23.1 Å². The third-order valence-electron chi connectivity index (χ3n) is 4.00. The first-order valence-electron chi connectivity index (χ1n) is 8.13. The molecule has 0 amide bonds. The van der Waals surface area contributed by atoms with E-state index in [0.29, 0.717) is 13.0 Å². The van der Waals surface area contributed by atoms with Gasteiger partial charge in [0.2, 0.25) is 11.2 Å². The molecule has 0 spiro atoms. The zero-order chi connectivity index (χ0) is 17.7. The van der Waals surface area contributed by atoms with E-state index in [1.165, 1.54) is 0 Å². The smallest absolute Gasteiger partial charge is 0.265 e. The fraction of sp³-hybridized carbons (Fsp3) is 0.150. The van der Waals surface area contributed by atoms with Gasteiger partial charge in [0, 0.05) is 30.0 Å². The van der Waals surface area contributed by atoms with E-state index in [2.05, 4.69) is 10.6 Å². The predicted octanol–water partition coefficient (Wildman–Crippen LogP) is 3.58. The van der Waals surface area contributed by atoms with Gasteiger partial charge in [-0.05, 0) is 23.8 Å². The highest BCUT2D eigenvalue weighted by Crippen LogP contribution is 2.13. The minimum absolute atomic E-state index is 0.245. The molecule has 3 rings (SSSR count). The molecule has 0 bridgehead atoms. The molecular formula is C20H20NO3S+. The van der Waals surface area contributed by atoms with Crippen molar-refractivity contribution < 1.29 is 17.5 Å². The Balaban J connectivity index is 1.96. The number of nitrogens with zero attached hydrogens (tertiary/aromatic N) is 1. The maximum absolute atomic E-state index is 11.0. The van der Waals surface area contributed by atoms with Crippen molar-refractivity contribution in [3.05, 3.63) is 78.0 Å². The van der Waals surface area contributed by atoms with Gasteiger partial charge in [0.25, 0.3) is 10.1 Å². The number of aromatic nitrogens is 1. The summed E-state index contributed by atoms with van der Waals surface area (Å²) in [5.41, 5.74) is 3.12. The average molecular weight is 354 g/mol. The number of para-hydroxylation sites is 1. The van der Waals surface area contributed by atoms with Crippen LogP contribution in [-0.2, 0) is 16.7 Å². The van der Waals surface area contributed by atoms with Crippen molar-refractivity contribution in [1.82, 2.24) is 0 Å². The summed E-state index contributed by atoms with van der Waals surface area (Å²) >= 11 is 0. The van der Waals surface area contributed by atoms with Crippen molar-refractivity contribution in [2.24, 2.45) is 0 Å². The second-order valence-electron chi connectivity index (χ2n) is 5.85. The average Bonchev–Trinajstić information content (AvgIpc) is 2.60. The van der Waals surface area contributed by atoms with Gasteiger partial charge in [0.1, 0.15) is 0 Å². The molecule has 0 unspecified atom stereocenters. The summed E-state index contributed by atoms with van der Waals surface area (Å²) in [7, 11) is -3.95. The van der Waals surface area contributed by atoms with E-state index < -0.39 is 10.1 Å². The maximum atomic E-state index is 11.0. The van der Waals surface area contributed by atoms with E-state index in [1.807, 2.05) is 72.8 Å². The second kappa shape index (κ2) is 7.59. The summed E-state index contributed by atoms with van der Waals surface area (Å²) in [6.07, 6.45) is 4.41. The van der Waals surface area contributed by atoms with Crippen molar-refractivity contribution in [3.63, 3.8) is 0 Å². The van der Waals surface area contributed by atoms with Gasteiger partial charge < -0.3 is 0 Å². The van der Waals surface area contributed by atoms with E-state index in [4.69, 9.17) is 4.55 Å². The fourth-order valence-electron chi connectivity index (χ4n) is 2.82. The van der Waals surface area contributed by atoms with Crippen LogP contribution in [0.4, 0.5) is 0 Å². The molecule has 0 radical (unpaired) electrons. The van der Waals surface area contributed by atoms with Gasteiger partial charge >= 0.3 is 0 Å². The number of pyridine rings is 1. The Morgan fingerprint density at radius 3 is 2.36 bits per heavy atom. The molecule has 1 N–H and O–H groups in total. The van der Waals surface area contributed by atoms with Crippen LogP contribution in [0.2, 0.25) is 0 Å². The molecule has 0 aliphatic carbocycles. The summed E-state index contributed by atoms with van der Waals surface area (Å²) < 4.78 is 33.1. The number of aryl methyl sites for hydroxylation is 1. The van der Waals surface area contributed by atoms with Crippen LogP contribution in [0.5, 0.6) is 0 Å². The largest absolute Gasteiger partial charge is 0.286 e. The number of hydrogen-bond acceptors (Lipinski definition) is 2. The lowest BCUT2D eigenvalue weighted by Crippen LogP contribution is -2.38. The molecule has 4 nitrogen and oxygen atoms in total. The Labute approximate surface area is 147 Å². The van der Waals surface area contributed by atoms with Gasteiger partial charge in [-0.1, -0.05) is 42.5 Å². The SMILES string of the molecule is O=S(=O)(O)CCC[n+]1c(C=Cc2ccccc2)ccc2ccccc21. The Kier molecular flexibility index (Phi) is 5.26. The van der Waals surface area contributed by atoms with Gasteiger partial charge in [0.05, 0.1) is 5.75 Å². The number of rotatable bonds is 6. The van der Waals surface area contributed by atoms with Gasteiger partial charge in [-0.15, -0.1) is 0 Å². The van der Waals surface area contributed by atoms with Crippen molar-refractivity contribution in [2.45, 2.75) is 13.0 Å². The topological polar surface area (TPSA) is 58.3 Å². The monoisotopic (exact) mass is 354 g/mol. The van der Waals surface area contributed by atoms with Crippen molar-refractivity contribution in [1.29, 1.82) is 0 Å². The Bertz CT molecular complexity index is 996. The van der Waals surface area contributed by atoms with Crippen LogP contribution < -0.4 is 4.57 Å². The summed E-state index contributed by atoms with van der Waals surface area (Å²) in [5, 5.41) is 1.09. The number of hydrogen-bond donors (Lipinski definition) is 1. The minimum Gasteiger partial charge on any atom is -0.286 e. The first kappa shape index (κ1) is 17.3. The first-order valence-corrected chi connectivity index (χ1v) is 9.74. The predicted molar refractivity (Wildman–Crippen MR) is 101 cm³/mol. The lowest BCUT2D eigenvalue weighted by atomic mass is 10.1. The molecular weight excluding hydrogens is 334 g/mol. The Morgan fingerprint density at radius 1 is 0.880 bits per heavy atom. The highest BCUT2D eigenvalue weighted by molar-refractivity contribution is 7.85. The lowest BCUT2D eigenvalue weighted by molar-refractivity contribution is -0.673. The number of benzene rings is 2. The molecule has 1 heterocycles. The van der Waals surface area contributed by atoms with Crippen LogP contribution in [0.1, 0.15) is 17.7 Å². The van der Waals surface area contributed by atoms with Crippen molar-refractivity contribution in [2.75, 3.05) is 5.75 Å². The molecule has 0 atom stereocenters. The lowest BCUT2D eigenvalue weighted by Gasteiger charge is -2.05. The normalized spacial score (nSPS) is 12.0. The van der Waals surface area contributed by atoms with E-state index in [-0.39, 0.29) is 5.75 Å². The zero-order valence-electron chi connectivity index (χ0n) is 13.7. The van der Waals surface area contributed by atoms with Crippen LogP contribution in [0.3, 0.4) is 0 Å². The van der Waals surface area contributed by atoms with E-state index in [0.717, 1.165) is 22.2 Å². The highest BCUT2D eigenvalue weighted by Gasteiger charge is 2.15. The summed E-state index contributed by atoms with van der Waals surface area (Å²) in [6.45, 7) is 0.510. The molecule has 128 valence electrons. The van der Waals surface area contributed by atoms with Crippen LogP contribution >= 0.6 is 0 Å². The molecule has 0 fully saturated rings. The molecule has 5 heteroatoms. The highest BCUT2D eigenvalue weighted by atomic mass is 32.2. The quantitative estimate of drug-likeness (QED) is 0.544. The molecule has 0 saturated heterocycles. The summed E-state index contributed by atoms with van der Waals surface area (Å²) in [5.74, 6) is -0.245. The molecule has 2 aromatic carbocycles. The first-order chi connectivity index (χ1) is 12.0. The van der Waals surface area contributed by atoms with Gasteiger partial charge in [0.15, 0.2) is 6.54 Å². The molecule has 0 aliphatic rings. The van der Waals surface area contributed by atoms with E-state index in [1.54, 1.807) is 0 Å². The molecule has 0 saturated carbocycles. The Morgan fingerprint density at radius 2 is 1.60 bits per heavy atom. The fourth-order valence-corrected chi connectivity index (χ4v) is 3.32. The van der Waals surface area contributed by atoms with E-state index in [9.17, 15) is 8.42 Å². The van der Waals surface area contributed by atoms with Crippen molar-refractivity contribution >= 4 is 33.2 Å². The van der Waals surface area contributed by atoms with E-state index >= 15 is 0 Å². The van der Waals surface area contributed by atoms with Gasteiger partial charge in [-0.25, -0.2) is 0 Å². The number of fused-ring (bicyclic) bond motifs is 1. The molecule has 0 aliphatic heterocycles. The standard InChI is InChI=1S/C20H19NO3S/c22-25(23,24)16-6-15-21-19(13-11-17-7-2-1-3-8-17)14-12-18-9-4-5-10-20(18)21/h1-5,7-14H,6,15-16H2/p+1. The van der Waals surface area contributed by atoms with Gasteiger partial charge in [-0.3, -0.25) is 4.55 Å². The van der Waals surface area contributed by atoms with Crippen LogP contribution in [0.15, 0.2) is 66.7 Å². The zero-order valence-corrected chi connectivity index (χ0v) is 14.6. The maximum Gasteiger partial charge on any atom is 0.265 e. The second-order valence-corrected chi connectivity index (χ2v) is 7.42. The van der Waals surface area contributed by atoms with Crippen molar-refractivity contribution in [3.8, 4) is 0 Å². The Hall–Kier alpha value is -2.50. The minimum atomic E-state index is -3.95. The van der Waals surface area contributed by atoms with Gasteiger partial charge in [-0.2, -0.15) is 13.0 Å². The third kappa shape index (κ3) is 4.75. The summed E-state index contributed by atoms with van der Waals surface area (Å²) in [4.78, 5) is 0. The summed E-state index contributed by atoms with van der Waals surface area (Å²) in [6, 6.07) is 22.1. The van der Waals surface area contributed by atoms with Crippen LogP contribution in [0, 0.1) is 0 Å². The molecule has 25 heavy (non-hydrogen) atoms. The van der Waals surface area contributed by atoms with Crippen LogP contribution in [-0.4, -0.2) is 18.7 Å².